The Kier molecular flexibility index (Phi) is 4.19. The van der Waals surface area contributed by atoms with E-state index in [9.17, 15) is 5.11 Å². The second-order valence-electron chi connectivity index (χ2n) is 6.32. The lowest BCUT2D eigenvalue weighted by molar-refractivity contribution is -0.318. The van der Waals surface area contributed by atoms with Crippen molar-refractivity contribution in [3.63, 3.8) is 0 Å². The minimum atomic E-state index is -0.828. The fourth-order valence-electron chi connectivity index (χ4n) is 2.19. The van der Waals surface area contributed by atoms with E-state index in [1.54, 1.807) is 27.7 Å². The van der Waals surface area contributed by atoms with E-state index in [2.05, 4.69) is 4.89 Å². The molecule has 0 saturated carbocycles. The molecule has 2 aromatic carbocycles. The van der Waals surface area contributed by atoms with E-state index in [4.69, 9.17) is 5.26 Å². The molecule has 0 unspecified atom stereocenters. The van der Waals surface area contributed by atoms with Gasteiger partial charge in [0, 0.05) is 0 Å². The Balaban J connectivity index is 2.27. The van der Waals surface area contributed by atoms with Crippen molar-refractivity contribution in [2.75, 3.05) is 0 Å². The van der Waals surface area contributed by atoms with Gasteiger partial charge in [-0.25, -0.2) is 4.89 Å². The zero-order valence-corrected chi connectivity index (χ0v) is 12.9. The van der Waals surface area contributed by atoms with E-state index in [0.29, 0.717) is 0 Å². The largest absolute Gasteiger partial charge is 0.386 e. The first kappa shape index (κ1) is 15.7. The van der Waals surface area contributed by atoms with Crippen molar-refractivity contribution in [1.82, 2.24) is 0 Å². The van der Waals surface area contributed by atoms with Crippen molar-refractivity contribution in [3.8, 4) is 11.1 Å². The van der Waals surface area contributed by atoms with E-state index in [-0.39, 0.29) is 0 Å². The van der Waals surface area contributed by atoms with Gasteiger partial charge in [-0.2, -0.15) is 0 Å². The van der Waals surface area contributed by atoms with Gasteiger partial charge in [-0.1, -0.05) is 48.5 Å². The third-order valence-electron chi connectivity index (χ3n) is 3.73. The number of benzene rings is 2. The zero-order valence-electron chi connectivity index (χ0n) is 12.9. The molecular formula is C18H22O3. The van der Waals surface area contributed by atoms with Crippen LogP contribution in [0.25, 0.3) is 11.1 Å². The predicted octanol–water partition coefficient (Wildman–Crippen LogP) is 4.31. The molecule has 0 spiro atoms. The van der Waals surface area contributed by atoms with E-state index < -0.39 is 11.2 Å². The summed E-state index contributed by atoms with van der Waals surface area (Å²) in [7, 11) is 0. The zero-order chi connectivity index (χ0) is 15.7. The molecule has 0 aliphatic carbocycles. The fraction of sp³-hybridized carbons (Fsp3) is 0.333. The Labute approximate surface area is 125 Å². The Bertz CT molecular complexity index is 590. The van der Waals surface area contributed by atoms with Crippen LogP contribution in [-0.4, -0.2) is 10.4 Å². The second kappa shape index (κ2) is 5.60. The molecule has 0 aliphatic rings. The monoisotopic (exact) mass is 286 g/mol. The Morgan fingerprint density at radius 3 is 1.43 bits per heavy atom. The van der Waals surface area contributed by atoms with Crippen LogP contribution in [0.5, 0.6) is 0 Å². The van der Waals surface area contributed by atoms with Crippen LogP contribution in [-0.2, 0) is 16.1 Å². The summed E-state index contributed by atoms with van der Waals surface area (Å²) in [4.78, 5) is 4.49. The van der Waals surface area contributed by atoms with Gasteiger partial charge >= 0.3 is 0 Å². The number of hydrogen-bond acceptors (Lipinski definition) is 3. The summed E-state index contributed by atoms with van der Waals surface area (Å²) in [5.41, 5.74) is 2.40. The lowest BCUT2D eigenvalue weighted by Crippen LogP contribution is -2.19. The smallest absolute Gasteiger partial charge is 0.123 e. The van der Waals surface area contributed by atoms with Gasteiger partial charge in [0.15, 0.2) is 0 Å². The molecule has 2 N–H and O–H groups in total. The van der Waals surface area contributed by atoms with Gasteiger partial charge in [0.2, 0.25) is 0 Å². The molecular weight excluding hydrogens is 264 g/mol. The molecule has 0 saturated heterocycles. The third kappa shape index (κ3) is 3.50. The predicted molar refractivity (Wildman–Crippen MR) is 83.9 cm³/mol. The van der Waals surface area contributed by atoms with Gasteiger partial charge in [0.25, 0.3) is 0 Å². The highest BCUT2D eigenvalue weighted by atomic mass is 17.1. The first-order valence-electron chi connectivity index (χ1n) is 7.00. The minimum Gasteiger partial charge on any atom is -0.386 e. The maximum atomic E-state index is 9.97. The Hall–Kier alpha value is -1.68. The van der Waals surface area contributed by atoms with Crippen molar-refractivity contribution < 1.29 is 15.3 Å². The number of rotatable bonds is 4. The van der Waals surface area contributed by atoms with Gasteiger partial charge in [-0.15, -0.1) is 0 Å². The highest BCUT2D eigenvalue weighted by Crippen LogP contribution is 2.28. The van der Waals surface area contributed by atoms with Gasteiger partial charge < -0.3 is 5.11 Å². The van der Waals surface area contributed by atoms with E-state index in [0.717, 1.165) is 22.3 Å². The van der Waals surface area contributed by atoms with Gasteiger partial charge in [-0.3, -0.25) is 5.26 Å². The molecule has 0 amide bonds. The first-order valence-corrected chi connectivity index (χ1v) is 7.00. The Morgan fingerprint density at radius 1 is 0.714 bits per heavy atom. The molecule has 3 heteroatoms. The lowest BCUT2D eigenvalue weighted by Gasteiger charge is -2.21. The Morgan fingerprint density at radius 2 is 1.10 bits per heavy atom. The molecule has 0 atom stereocenters. The molecule has 0 heterocycles. The van der Waals surface area contributed by atoms with Crippen molar-refractivity contribution in [2.24, 2.45) is 0 Å². The average molecular weight is 286 g/mol. The molecule has 0 fully saturated rings. The second-order valence-corrected chi connectivity index (χ2v) is 6.32. The summed E-state index contributed by atoms with van der Waals surface area (Å²) < 4.78 is 0. The van der Waals surface area contributed by atoms with Crippen molar-refractivity contribution >= 4 is 0 Å². The first-order chi connectivity index (χ1) is 9.74. The summed E-state index contributed by atoms with van der Waals surface area (Å²) in [6.07, 6.45) is 0. The van der Waals surface area contributed by atoms with Gasteiger partial charge in [0.05, 0.1) is 5.60 Å². The van der Waals surface area contributed by atoms with Crippen LogP contribution >= 0.6 is 0 Å². The van der Waals surface area contributed by atoms with Crippen LogP contribution in [0.4, 0.5) is 0 Å². The molecule has 0 bridgehead atoms. The third-order valence-corrected chi connectivity index (χ3v) is 3.73. The number of hydrogen-bond donors (Lipinski definition) is 2. The van der Waals surface area contributed by atoms with Gasteiger partial charge in [-0.05, 0) is 49.9 Å². The number of aliphatic hydroxyl groups is 1. The highest BCUT2D eigenvalue weighted by molar-refractivity contribution is 5.64. The highest BCUT2D eigenvalue weighted by Gasteiger charge is 2.21. The quantitative estimate of drug-likeness (QED) is 0.650. The maximum Gasteiger partial charge on any atom is 0.123 e. The lowest BCUT2D eigenvalue weighted by atomic mass is 9.93. The summed E-state index contributed by atoms with van der Waals surface area (Å²) >= 11 is 0. The molecule has 2 rings (SSSR count). The van der Waals surface area contributed by atoms with Crippen molar-refractivity contribution in [3.05, 3.63) is 59.7 Å². The van der Waals surface area contributed by atoms with Crippen LogP contribution in [0.3, 0.4) is 0 Å². The van der Waals surface area contributed by atoms with Crippen LogP contribution in [0.15, 0.2) is 48.5 Å². The summed E-state index contributed by atoms with van der Waals surface area (Å²) in [5.74, 6) is 0. The molecule has 21 heavy (non-hydrogen) atoms. The van der Waals surface area contributed by atoms with Crippen molar-refractivity contribution in [1.29, 1.82) is 0 Å². The SMILES string of the molecule is CC(C)(O)c1ccc(-c2ccc(C(C)(C)OO)cc2)cc1. The fourth-order valence-corrected chi connectivity index (χ4v) is 2.19. The maximum absolute atomic E-state index is 9.97. The average Bonchev–Trinajstić information content (AvgIpc) is 2.47. The van der Waals surface area contributed by atoms with Crippen molar-refractivity contribution in [2.45, 2.75) is 38.9 Å². The normalized spacial score (nSPS) is 12.5. The van der Waals surface area contributed by atoms with Crippen LogP contribution in [0.2, 0.25) is 0 Å². The standard InChI is InChI=1S/C18H22O3/c1-17(2,19)15-9-5-13(6-10-15)14-7-11-16(12-8-14)18(3,4)21-20/h5-12,19-20H,1-4H3. The molecule has 3 nitrogen and oxygen atoms in total. The molecule has 0 aliphatic heterocycles. The van der Waals surface area contributed by atoms with Crippen LogP contribution in [0.1, 0.15) is 38.8 Å². The van der Waals surface area contributed by atoms with Gasteiger partial charge in [0.1, 0.15) is 5.60 Å². The molecule has 0 radical (unpaired) electrons. The molecule has 112 valence electrons. The summed E-state index contributed by atoms with van der Waals surface area (Å²) in [6, 6.07) is 15.7. The topological polar surface area (TPSA) is 49.7 Å². The summed E-state index contributed by atoms with van der Waals surface area (Å²) in [6.45, 7) is 7.15. The van der Waals surface area contributed by atoms with Crippen LogP contribution < -0.4 is 0 Å². The van der Waals surface area contributed by atoms with E-state index in [1.165, 1.54) is 0 Å². The van der Waals surface area contributed by atoms with E-state index >= 15 is 0 Å². The van der Waals surface area contributed by atoms with E-state index in [1.807, 2.05) is 48.5 Å². The molecule has 0 aromatic heterocycles. The summed E-state index contributed by atoms with van der Waals surface area (Å²) in [5, 5.41) is 18.9. The van der Waals surface area contributed by atoms with Crippen LogP contribution in [0, 0.1) is 0 Å². The molecule has 2 aromatic rings. The minimum absolute atomic E-state index is 0.719.